The quantitative estimate of drug-likeness (QED) is 0.687. The predicted octanol–water partition coefficient (Wildman–Crippen LogP) is 1.22. The van der Waals surface area contributed by atoms with E-state index in [1.54, 1.807) is 12.1 Å². The molecule has 2 aromatic rings. The van der Waals surface area contributed by atoms with Gasteiger partial charge in [0.1, 0.15) is 0 Å². The van der Waals surface area contributed by atoms with Crippen LogP contribution in [0.3, 0.4) is 0 Å². The number of hydrogen-bond acceptors (Lipinski definition) is 5. The third-order valence-electron chi connectivity index (χ3n) is 1.41. The maximum Gasteiger partial charge on any atom is 0.222 e. The highest BCUT2D eigenvalue weighted by molar-refractivity contribution is 5.54. The molecule has 2 heterocycles. The zero-order chi connectivity index (χ0) is 8.55. The number of nitrogen functional groups attached to an aromatic ring is 1. The molecule has 0 fully saturated rings. The minimum Gasteiger partial charge on any atom is -0.368 e. The van der Waals surface area contributed by atoms with Crippen molar-refractivity contribution in [3.63, 3.8) is 0 Å². The first-order valence-corrected chi connectivity index (χ1v) is 3.41. The molecule has 0 saturated carbocycles. The highest BCUT2D eigenvalue weighted by atomic mass is 16.5. The van der Waals surface area contributed by atoms with Gasteiger partial charge >= 0.3 is 0 Å². The summed E-state index contributed by atoms with van der Waals surface area (Å²) in [5.41, 5.74) is 6.69. The summed E-state index contributed by atoms with van der Waals surface area (Å²) in [5.74, 6) is 0.826. The lowest BCUT2D eigenvalue weighted by Gasteiger charge is -1.79. The van der Waals surface area contributed by atoms with Gasteiger partial charge in [-0.15, -0.1) is 0 Å². The molecule has 0 saturated heterocycles. The smallest absolute Gasteiger partial charge is 0.222 e. The summed E-state index contributed by atoms with van der Waals surface area (Å²) in [6, 6.07) is 3.34. The predicted molar refractivity (Wildman–Crippen MR) is 41.1 cm³/mol. The lowest BCUT2D eigenvalue weighted by Crippen LogP contribution is -1.75. The van der Waals surface area contributed by atoms with Crippen LogP contribution in [0.4, 0.5) is 5.88 Å². The molecule has 5 nitrogen and oxygen atoms in total. The molecule has 2 rings (SSSR count). The SMILES string of the molecule is Cc1cc(-c2cc(N)on2)on1. The molecule has 0 bridgehead atoms. The molecule has 0 unspecified atom stereocenters. The monoisotopic (exact) mass is 165 g/mol. The highest BCUT2D eigenvalue weighted by Gasteiger charge is 2.08. The molecule has 62 valence electrons. The van der Waals surface area contributed by atoms with E-state index >= 15 is 0 Å². The van der Waals surface area contributed by atoms with Crippen molar-refractivity contribution in [1.29, 1.82) is 0 Å². The molecule has 0 amide bonds. The summed E-state index contributed by atoms with van der Waals surface area (Å²) in [7, 11) is 0. The fourth-order valence-corrected chi connectivity index (χ4v) is 0.890. The van der Waals surface area contributed by atoms with Crippen LogP contribution in [0.2, 0.25) is 0 Å². The van der Waals surface area contributed by atoms with Crippen LogP contribution in [-0.2, 0) is 0 Å². The van der Waals surface area contributed by atoms with Gasteiger partial charge in [0.05, 0.1) is 5.69 Å². The zero-order valence-corrected chi connectivity index (χ0v) is 6.44. The van der Waals surface area contributed by atoms with E-state index in [4.69, 9.17) is 10.3 Å². The molecule has 0 atom stereocenters. The molecule has 12 heavy (non-hydrogen) atoms. The topological polar surface area (TPSA) is 78.1 Å². The van der Waals surface area contributed by atoms with Crippen LogP contribution in [0.1, 0.15) is 5.69 Å². The van der Waals surface area contributed by atoms with Crippen molar-refractivity contribution in [2.24, 2.45) is 0 Å². The zero-order valence-electron chi connectivity index (χ0n) is 6.44. The lowest BCUT2D eigenvalue weighted by atomic mass is 10.3. The normalized spacial score (nSPS) is 10.4. The average Bonchev–Trinajstić information content (AvgIpc) is 2.58. The number of aromatic nitrogens is 2. The van der Waals surface area contributed by atoms with Crippen molar-refractivity contribution < 1.29 is 9.05 Å². The minimum atomic E-state index is 0.263. The Labute approximate surface area is 68.1 Å². The Balaban J connectivity index is 2.43. The van der Waals surface area contributed by atoms with Gasteiger partial charge in [0, 0.05) is 12.1 Å². The third kappa shape index (κ3) is 1.05. The van der Waals surface area contributed by atoms with E-state index in [2.05, 4.69) is 14.8 Å². The largest absolute Gasteiger partial charge is 0.368 e. The molecule has 0 aromatic carbocycles. The van der Waals surface area contributed by atoms with Crippen LogP contribution in [0.5, 0.6) is 0 Å². The number of aryl methyl sites for hydroxylation is 1. The van der Waals surface area contributed by atoms with Gasteiger partial charge in [0.2, 0.25) is 5.88 Å². The van der Waals surface area contributed by atoms with Crippen LogP contribution in [0.25, 0.3) is 11.5 Å². The summed E-state index contributed by atoms with van der Waals surface area (Å²) in [6.07, 6.45) is 0. The van der Waals surface area contributed by atoms with Crippen molar-refractivity contribution in [1.82, 2.24) is 10.3 Å². The van der Waals surface area contributed by atoms with E-state index in [1.807, 2.05) is 6.92 Å². The Morgan fingerprint density at radius 3 is 2.58 bits per heavy atom. The third-order valence-corrected chi connectivity index (χ3v) is 1.41. The standard InChI is InChI=1S/C7H7N3O2/c1-4-2-6(11-9-4)5-3-7(8)12-10-5/h2-3H,8H2,1H3. The Morgan fingerprint density at radius 2 is 2.08 bits per heavy atom. The van der Waals surface area contributed by atoms with Gasteiger partial charge < -0.3 is 14.8 Å². The van der Waals surface area contributed by atoms with Crippen molar-refractivity contribution in [3.05, 3.63) is 17.8 Å². The number of hydrogen-bond donors (Lipinski definition) is 1. The molecule has 2 N–H and O–H groups in total. The van der Waals surface area contributed by atoms with Crippen molar-refractivity contribution >= 4 is 5.88 Å². The van der Waals surface area contributed by atoms with Gasteiger partial charge in [0.15, 0.2) is 11.5 Å². The summed E-state index contributed by atoms with van der Waals surface area (Å²) in [5, 5.41) is 7.37. The summed E-state index contributed by atoms with van der Waals surface area (Å²) in [6.45, 7) is 1.83. The number of rotatable bonds is 1. The van der Waals surface area contributed by atoms with E-state index in [-0.39, 0.29) is 5.88 Å². The molecule has 0 aliphatic carbocycles. The molecular weight excluding hydrogens is 158 g/mol. The second-order valence-corrected chi connectivity index (χ2v) is 2.45. The van der Waals surface area contributed by atoms with Crippen LogP contribution in [0, 0.1) is 6.92 Å². The Bertz CT molecular complexity index is 353. The Kier molecular flexibility index (Phi) is 1.36. The molecule has 0 aliphatic rings. The molecule has 0 radical (unpaired) electrons. The van der Waals surface area contributed by atoms with Gasteiger partial charge in [-0.05, 0) is 6.92 Å². The van der Waals surface area contributed by atoms with Gasteiger partial charge in [-0.1, -0.05) is 10.3 Å². The van der Waals surface area contributed by atoms with Crippen molar-refractivity contribution in [2.45, 2.75) is 6.92 Å². The number of nitrogens with two attached hydrogens (primary N) is 1. The van der Waals surface area contributed by atoms with E-state index in [1.165, 1.54) is 0 Å². The van der Waals surface area contributed by atoms with Crippen molar-refractivity contribution in [2.75, 3.05) is 5.73 Å². The Morgan fingerprint density at radius 1 is 1.25 bits per heavy atom. The lowest BCUT2D eigenvalue weighted by molar-refractivity contribution is 0.411. The summed E-state index contributed by atoms with van der Waals surface area (Å²) < 4.78 is 9.60. The first-order chi connectivity index (χ1) is 5.75. The fourth-order valence-electron chi connectivity index (χ4n) is 0.890. The fraction of sp³-hybridized carbons (Fsp3) is 0.143. The summed E-state index contributed by atoms with van der Waals surface area (Å²) in [4.78, 5) is 0. The molecule has 5 heteroatoms. The highest BCUT2D eigenvalue weighted by Crippen LogP contribution is 2.20. The van der Waals surface area contributed by atoms with Crippen LogP contribution >= 0.6 is 0 Å². The maximum atomic E-state index is 5.33. The van der Waals surface area contributed by atoms with E-state index in [9.17, 15) is 0 Å². The summed E-state index contributed by atoms with van der Waals surface area (Å²) >= 11 is 0. The maximum absolute atomic E-state index is 5.33. The second-order valence-electron chi connectivity index (χ2n) is 2.45. The van der Waals surface area contributed by atoms with Gasteiger partial charge in [0.25, 0.3) is 0 Å². The van der Waals surface area contributed by atoms with Gasteiger partial charge in [-0.3, -0.25) is 0 Å². The Hall–Kier alpha value is -1.78. The average molecular weight is 165 g/mol. The molecule has 0 aliphatic heterocycles. The van der Waals surface area contributed by atoms with Crippen LogP contribution in [-0.4, -0.2) is 10.3 Å². The molecular formula is C7H7N3O2. The number of anilines is 1. The second kappa shape index (κ2) is 2.37. The van der Waals surface area contributed by atoms with Crippen LogP contribution < -0.4 is 5.73 Å². The van der Waals surface area contributed by atoms with E-state index in [0.29, 0.717) is 11.5 Å². The van der Waals surface area contributed by atoms with Gasteiger partial charge in [-0.25, -0.2) is 0 Å². The first-order valence-electron chi connectivity index (χ1n) is 3.41. The van der Waals surface area contributed by atoms with E-state index < -0.39 is 0 Å². The van der Waals surface area contributed by atoms with Gasteiger partial charge in [-0.2, -0.15) is 0 Å². The first kappa shape index (κ1) is 6.90. The molecule has 2 aromatic heterocycles. The van der Waals surface area contributed by atoms with Crippen LogP contribution in [0.15, 0.2) is 21.2 Å². The van der Waals surface area contributed by atoms with E-state index in [0.717, 1.165) is 5.69 Å². The van der Waals surface area contributed by atoms with Crippen molar-refractivity contribution in [3.8, 4) is 11.5 Å². The minimum absolute atomic E-state index is 0.263. The molecule has 0 spiro atoms. The number of nitrogens with zero attached hydrogens (tertiary/aromatic N) is 2.